The van der Waals surface area contributed by atoms with Gasteiger partial charge in [0, 0.05) is 23.3 Å². The first-order valence-corrected chi connectivity index (χ1v) is 10.2. The lowest BCUT2D eigenvalue weighted by Crippen LogP contribution is -2.13. The molecule has 5 heteroatoms. The predicted octanol–water partition coefficient (Wildman–Crippen LogP) is 5.38. The highest BCUT2D eigenvalue weighted by atomic mass is 16.5. The third kappa shape index (κ3) is 5.01. The molecule has 0 spiro atoms. The van der Waals surface area contributed by atoms with Gasteiger partial charge in [-0.1, -0.05) is 36.4 Å². The average Bonchev–Trinajstić information content (AvgIpc) is 3.08. The third-order valence-electron chi connectivity index (χ3n) is 5.23. The molecule has 4 aromatic rings. The quantitative estimate of drug-likeness (QED) is 0.444. The Hall–Kier alpha value is -3.86. The Bertz CT molecular complexity index is 1150. The maximum Gasteiger partial charge on any atom is 0.257 e. The molecule has 0 saturated heterocycles. The highest BCUT2D eigenvalue weighted by Gasteiger charge is 2.16. The normalized spacial score (nSPS) is 10.6. The number of hydrogen-bond donors (Lipinski definition) is 1. The standard InChI is InChI=1S/C26H25N3O2/c1-19-16-25(20(2)29(19)17-23-10-6-7-15-27-23)26(30)28-22-11-13-24(14-12-22)31-18-21-8-4-3-5-9-21/h3-16H,17-18H2,1-2H3,(H,28,30). The first kappa shape index (κ1) is 20.4. The van der Waals surface area contributed by atoms with E-state index in [0.29, 0.717) is 18.7 Å². The van der Waals surface area contributed by atoms with Crippen molar-refractivity contribution in [3.63, 3.8) is 0 Å². The number of aromatic nitrogens is 2. The van der Waals surface area contributed by atoms with Gasteiger partial charge in [-0.2, -0.15) is 0 Å². The van der Waals surface area contributed by atoms with Crippen LogP contribution < -0.4 is 10.1 Å². The van der Waals surface area contributed by atoms with Gasteiger partial charge in [0.1, 0.15) is 12.4 Å². The molecule has 0 aliphatic rings. The summed E-state index contributed by atoms with van der Waals surface area (Å²) in [7, 11) is 0. The zero-order valence-corrected chi connectivity index (χ0v) is 17.7. The van der Waals surface area contributed by atoms with Gasteiger partial charge in [-0.15, -0.1) is 0 Å². The van der Waals surface area contributed by atoms with Crippen molar-refractivity contribution in [2.75, 3.05) is 5.32 Å². The molecule has 2 aromatic heterocycles. The number of nitrogens with one attached hydrogen (secondary N) is 1. The number of ether oxygens (including phenoxy) is 1. The molecular formula is C26H25N3O2. The molecule has 1 amide bonds. The number of aryl methyl sites for hydroxylation is 1. The van der Waals surface area contributed by atoms with Crippen molar-refractivity contribution in [3.05, 3.63) is 113 Å². The average molecular weight is 412 g/mol. The number of pyridine rings is 1. The van der Waals surface area contributed by atoms with Crippen LogP contribution >= 0.6 is 0 Å². The predicted molar refractivity (Wildman–Crippen MR) is 122 cm³/mol. The van der Waals surface area contributed by atoms with Gasteiger partial charge in [0.05, 0.1) is 17.8 Å². The summed E-state index contributed by atoms with van der Waals surface area (Å²) in [5.74, 6) is 0.633. The second-order valence-electron chi connectivity index (χ2n) is 7.44. The summed E-state index contributed by atoms with van der Waals surface area (Å²) in [4.78, 5) is 17.3. The Labute approximate surface area is 182 Å². The smallest absolute Gasteiger partial charge is 0.257 e. The van der Waals surface area contributed by atoms with Crippen LogP contribution in [-0.4, -0.2) is 15.5 Å². The van der Waals surface area contributed by atoms with Gasteiger partial charge in [-0.05, 0) is 61.9 Å². The maximum atomic E-state index is 12.9. The lowest BCUT2D eigenvalue weighted by Gasteiger charge is -2.10. The Balaban J connectivity index is 1.40. The van der Waals surface area contributed by atoms with Crippen molar-refractivity contribution in [1.82, 2.24) is 9.55 Å². The number of amides is 1. The number of rotatable bonds is 7. The summed E-state index contributed by atoms with van der Waals surface area (Å²) in [5, 5.41) is 2.98. The van der Waals surface area contributed by atoms with Gasteiger partial charge in [0.15, 0.2) is 0 Å². The molecule has 0 aliphatic carbocycles. The van der Waals surface area contributed by atoms with E-state index < -0.39 is 0 Å². The van der Waals surface area contributed by atoms with Crippen LogP contribution in [0.15, 0.2) is 85.1 Å². The van der Waals surface area contributed by atoms with E-state index >= 15 is 0 Å². The highest BCUT2D eigenvalue weighted by Crippen LogP contribution is 2.21. The molecule has 2 aromatic carbocycles. The van der Waals surface area contributed by atoms with Crippen LogP contribution in [0.4, 0.5) is 5.69 Å². The van der Waals surface area contributed by atoms with E-state index in [1.807, 2.05) is 92.7 Å². The minimum Gasteiger partial charge on any atom is -0.489 e. The molecule has 0 saturated carbocycles. The molecule has 5 nitrogen and oxygen atoms in total. The zero-order chi connectivity index (χ0) is 21.6. The first-order valence-electron chi connectivity index (χ1n) is 10.2. The molecule has 31 heavy (non-hydrogen) atoms. The van der Waals surface area contributed by atoms with Crippen molar-refractivity contribution < 1.29 is 9.53 Å². The van der Waals surface area contributed by atoms with Gasteiger partial charge in [-0.3, -0.25) is 9.78 Å². The van der Waals surface area contributed by atoms with Crippen LogP contribution in [0.2, 0.25) is 0 Å². The molecule has 0 fully saturated rings. The van der Waals surface area contributed by atoms with E-state index in [0.717, 1.165) is 34.1 Å². The van der Waals surface area contributed by atoms with Gasteiger partial charge in [-0.25, -0.2) is 0 Å². The summed E-state index contributed by atoms with van der Waals surface area (Å²) in [6, 6.07) is 25.2. The lowest BCUT2D eigenvalue weighted by molar-refractivity contribution is 0.102. The molecule has 4 rings (SSSR count). The number of hydrogen-bond acceptors (Lipinski definition) is 3. The molecule has 0 bridgehead atoms. The molecule has 156 valence electrons. The molecule has 0 aliphatic heterocycles. The molecular weight excluding hydrogens is 386 g/mol. The van der Waals surface area contributed by atoms with E-state index in [2.05, 4.69) is 14.9 Å². The Kier molecular flexibility index (Phi) is 6.13. The summed E-state index contributed by atoms with van der Waals surface area (Å²) in [5.41, 5.74) is 5.41. The number of anilines is 1. The molecule has 0 atom stereocenters. The fraction of sp³-hybridized carbons (Fsp3) is 0.154. The summed E-state index contributed by atoms with van der Waals surface area (Å²) in [6.45, 7) is 5.12. The van der Waals surface area contributed by atoms with E-state index in [1.165, 1.54) is 0 Å². The van der Waals surface area contributed by atoms with Crippen molar-refractivity contribution in [1.29, 1.82) is 0 Å². The summed E-state index contributed by atoms with van der Waals surface area (Å²) < 4.78 is 7.92. The minimum absolute atomic E-state index is 0.127. The molecule has 0 radical (unpaired) electrons. The minimum atomic E-state index is -0.127. The second-order valence-corrected chi connectivity index (χ2v) is 7.44. The van der Waals surface area contributed by atoms with Crippen molar-refractivity contribution >= 4 is 11.6 Å². The Morgan fingerprint density at radius 1 is 0.968 bits per heavy atom. The van der Waals surface area contributed by atoms with Gasteiger partial charge in [0.25, 0.3) is 5.91 Å². The van der Waals surface area contributed by atoms with E-state index in [1.54, 1.807) is 6.20 Å². The van der Waals surface area contributed by atoms with Crippen molar-refractivity contribution in [3.8, 4) is 5.75 Å². The fourth-order valence-electron chi connectivity index (χ4n) is 3.50. The van der Waals surface area contributed by atoms with Crippen LogP contribution in [0.25, 0.3) is 0 Å². The summed E-state index contributed by atoms with van der Waals surface area (Å²) in [6.07, 6.45) is 1.78. The van der Waals surface area contributed by atoms with Gasteiger partial charge in [0.2, 0.25) is 0 Å². The zero-order valence-electron chi connectivity index (χ0n) is 17.7. The largest absolute Gasteiger partial charge is 0.489 e. The van der Waals surface area contributed by atoms with E-state index in [9.17, 15) is 4.79 Å². The van der Waals surface area contributed by atoms with Crippen LogP contribution in [0.1, 0.15) is 33.0 Å². The Morgan fingerprint density at radius 2 is 1.71 bits per heavy atom. The number of carbonyl (C=O) groups is 1. The van der Waals surface area contributed by atoms with Crippen molar-refractivity contribution in [2.24, 2.45) is 0 Å². The number of carbonyl (C=O) groups excluding carboxylic acids is 1. The van der Waals surface area contributed by atoms with Crippen LogP contribution in [-0.2, 0) is 13.2 Å². The third-order valence-corrected chi connectivity index (χ3v) is 5.23. The van der Waals surface area contributed by atoms with Gasteiger partial charge >= 0.3 is 0 Å². The van der Waals surface area contributed by atoms with Crippen LogP contribution in [0, 0.1) is 13.8 Å². The van der Waals surface area contributed by atoms with Crippen molar-refractivity contribution in [2.45, 2.75) is 27.0 Å². The van der Waals surface area contributed by atoms with E-state index in [-0.39, 0.29) is 5.91 Å². The second kappa shape index (κ2) is 9.30. The number of nitrogens with zero attached hydrogens (tertiary/aromatic N) is 2. The number of benzene rings is 2. The van der Waals surface area contributed by atoms with Crippen LogP contribution in [0.5, 0.6) is 5.75 Å². The first-order chi connectivity index (χ1) is 15.1. The van der Waals surface area contributed by atoms with Gasteiger partial charge < -0.3 is 14.6 Å². The Morgan fingerprint density at radius 3 is 2.42 bits per heavy atom. The summed E-state index contributed by atoms with van der Waals surface area (Å²) >= 11 is 0. The topological polar surface area (TPSA) is 56.1 Å². The molecule has 0 unspecified atom stereocenters. The molecule has 1 N–H and O–H groups in total. The monoisotopic (exact) mass is 411 g/mol. The lowest BCUT2D eigenvalue weighted by atomic mass is 10.2. The fourth-order valence-corrected chi connectivity index (χ4v) is 3.50. The highest BCUT2D eigenvalue weighted by molar-refractivity contribution is 6.05. The van der Waals surface area contributed by atoms with E-state index in [4.69, 9.17) is 4.74 Å². The maximum absolute atomic E-state index is 12.9. The molecule has 2 heterocycles. The van der Waals surface area contributed by atoms with Crippen LogP contribution in [0.3, 0.4) is 0 Å². The SMILES string of the molecule is Cc1cc(C(=O)Nc2ccc(OCc3ccccc3)cc2)c(C)n1Cc1ccccn1.